The monoisotopic (exact) mass is 634 g/mol. The van der Waals surface area contributed by atoms with Gasteiger partial charge in [0.15, 0.2) is 4.34 Å². The predicted molar refractivity (Wildman–Crippen MR) is 156 cm³/mol. The summed E-state index contributed by atoms with van der Waals surface area (Å²) in [6.07, 6.45) is 2.23. The van der Waals surface area contributed by atoms with Crippen LogP contribution in [0.2, 0.25) is 0 Å². The van der Waals surface area contributed by atoms with Crippen molar-refractivity contribution in [2.75, 3.05) is 12.3 Å². The fraction of sp³-hybridized carbons (Fsp3) is 0.250. The number of halogens is 3. The van der Waals surface area contributed by atoms with Gasteiger partial charge in [0.25, 0.3) is 0 Å². The molecule has 1 heterocycles. The number of unbranched alkanes of at least 4 members (excludes halogenated alkanes) is 1. The maximum atomic E-state index is 14.1. The summed E-state index contributed by atoms with van der Waals surface area (Å²) in [4.78, 5) is 18.5. The van der Waals surface area contributed by atoms with E-state index >= 15 is 0 Å². The van der Waals surface area contributed by atoms with Crippen LogP contribution in [0.25, 0.3) is 21.3 Å². The molecular formula is C28H25F2IN2OS2. The predicted octanol–water partition coefficient (Wildman–Crippen LogP) is 7.64. The summed E-state index contributed by atoms with van der Waals surface area (Å²) in [5, 5.41) is 2.61. The summed E-state index contributed by atoms with van der Waals surface area (Å²) in [6.45, 7) is -0.665. The van der Waals surface area contributed by atoms with E-state index in [4.69, 9.17) is 0 Å². The number of carbonyl (C=O) groups is 1. The molecule has 1 aliphatic rings. The first kappa shape index (κ1) is 25.5. The molecule has 0 unspecified atom stereocenters. The van der Waals surface area contributed by atoms with Crippen LogP contribution in [0.1, 0.15) is 30.4 Å². The van der Waals surface area contributed by atoms with E-state index in [2.05, 4.69) is 20.9 Å². The second-order valence-corrected chi connectivity index (χ2v) is 13.4. The summed E-state index contributed by atoms with van der Waals surface area (Å²) in [6, 6.07) is 23.8. The van der Waals surface area contributed by atoms with Crippen molar-refractivity contribution >= 4 is 64.5 Å². The number of amides is 1. The fourth-order valence-corrected chi connectivity index (χ4v) is 7.49. The number of rotatable bonds is 10. The molecule has 1 amide bonds. The SMILES string of the molecule is C=IC(F)(F)CNC(=O)C1(CCCCSc2nc3ccccc3s2)c2ccccc2-c2ccccc21. The lowest BCUT2D eigenvalue weighted by molar-refractivity contribution is -0.126. The minimum Gasteiger partial charge on any atom is -0.348 e. The molecule has 0 saturated carbocycles. The zero-order valence-corrected chi connectivity index (χ0v) is 23.3. The first-order valence-corrected chi connectivity index (χ1v) is 16.1. The Hall–Kier alpha value is -2.17. The molecule has 0 atom stereocenters. The molecule has 0 fully saturated rings. The minimum atomic E-state index is -2.93. The second-order valence-electron chi connectivity index (χ2n) is 8.68. The number of benzene rings is 3. The number of thioether (sulfide) groups is 1. The lowest BCUT2D eigenvalue weighted by Gasteiger charge is -2.31. The van der Waals surface area contributed by atoms with Crippen molar-refractivity contribution in [3.63, 3.8) is 0 Å². The van der Waals surface area contributed by atoms with Gasteiger partial charge >= 0.3 is 3.93 Å². The first-order chi connectivity index (χ1) is 17.4. The summed E-state index contributed by atoms with van der Waals surface area (Å²) in [5.74, 6) is 0.529. The van der Waals surface area contributed by atoms with Crippen molar-refractivity contribution in [3.05, 3.63) is 83.9 Å². The number of carbonyl (C=O) groups excluding carboxylic acids is 1. The van der Waals surface area contributed by atoms with Gasteiger partial charge in [-0.1, -0.05) is 83.4 Å². The molecule has 4 aromatic rings. The Kier molecular flexibility index (Phi) is 7.55. The van der Waals surface area contributed by atoms with Crippen LogP contribution in [0, 0.1) is 0 Å². The molecule has 1 aromatic heterocycles. The van der Waals surface area contributed by atoms with Crippen LogP contribution in [0.15, 0.2) is 77.1 Å². The van der Waals surface area contributed by atoms with Gasteiger partial charge in [0, 0.05) is 5.75 Å². The number of alkyl halides is 3. The minimum absolute atomic E-state index is 0.351. The Morgan fingerprint density at radius 3 is 2.31 bits per heavy atom. The van der Waals surface area contributed by atoms with Gasteiger partial charge in [-0.15, -0.1) is 11.3 Å². The average molecular weight is 635 g/mol. The van der Waals surface area contributed by atoms with Crippen LogP contribution < -0.4 is 5.32 Å². The van der Waals surface area contributed by atoms with E-state index in [1.54, 1.807) is 23.1 Å². The number of nitrogens with zero attached hydrogens (tertiary/aromatic N) is 1. The molecule has 186 valence electrons. The van der Waals surface area contributed by atoms with E-state index in [1.807, 2.05) is 66.7 Å². The Labute approximate surface area is 227 Å². The molecule has 0 spiro atoms. The molecule has 5 rings (SSSR count). The molecule has 36 heavy (non-hydrogen) atoms. The Morgan fingerprint density at radius 1 is 1.00 bits per heavy atom. The number of para-hydroxylation sites is 1. The van der Waals surface area contributed by atoms with Crippen molar-refractivity contribution in [2.45, 2.75) is 32.9 Å². The molecule has 3 aromatic carbocycles. The summed E-state index contributed by atoms with van der Waals surface area (Å²) >= 11 is 1.86. The van der Waals surface area contributed by atoms with E-state index in [1.165, 1.54) is 4.70 Å². The number of nitrogens with one attached hydrogen (secondary N) is 1. The third kappa shape index (κ3) is 4.87. The van der Waals surface area contributed by atoms with Gasteiger partial charge in [0.1, 0.15) is 5.41 Å². The van der Waals surface area contributed by atoms with Crippen LogP contribution in [0.5, 0.6) is 0 Å². The quantitative estimate of drug-likeness (QED) is 0.0845. The van der Waals surface area contributed by atoms with Crippen LogP contribution in [-0.4, -0.2) is 31.6 Å². The van der Waals surface area contributed by atoms with Crippen LogP contribution >= 0.6 is 43.8 Å². The zero-order valence-electron chi connectivity index (χ0n) is 19.5. The van der Waals surface area contributed by atoms with E-state index < -0.39 is 36.6 Å². The zero-order chi connectivity index (χ0) is 25.2. The van der Waals surface area contributed by atoms with Crippen LogP contribution in [0.4, 0.5) is 8.78 Å². The molecule has 1 N–H and O–H groups in total. The highest BCUT2D eigenvalue weighted by Gasteiger charge is 2.48. The molecule has 1 aliphatic carbocycles. The lowest BCUT2D eigenvalue weighted by atomic mass is 9.73. The Morgan fingerprint density at radius 2 is 1.64 bits per heavy atom. The fourth-order valence-electron chi connectivity index (χ4n) is 4.90. The number of hydrogen-bond donors (Lipinski definition) is 1. The molecule has 0 bridgehead atoms. The Balaban J connectivity index is 1.36. The van der Waals surface area contributed by atoms with E-state index in [0.29, 0.717) is 6.42 Å². The topological polar surface area (TPSA) is 42.0 Å². The van der Waals surface area contributed by atoms with Crippen molar-refractivity contribution in [1.82, 2.24) is 10.3 Å². The molecule has 0 radical (unpaired) electrons. The van der Waals surface area contributed by atoms with Crippen LogP contribution in [0.3, 0.4) is 0 Å². The molecule has 8 heteroatoms. The molecule has 0 aliphatic heterocycles. The average Bonchev–Trinajstić information content (AvgIpc) is 3.45. The maximum Gasteiger partial charge on any atom is 0.308 e. The van der Waals surface area contributed by atoms with Gasteiger partial charge in [0.2, 0.25) is 5.91 Å². The van der Waals surface area contributed by atoms with Crippen molar-refractivity contribution in [1.29, 1.82) is 0 Å². The van der Waals surface area contributed by atoms with E-state index in [0.717, 1.165) is 50.7 Å². The smallest absolute Gasteiger partial charge is 0.308 e. The van der Waals surface area contributed by atoms with E-state index in [9.17, 15) is 13.6 Å². The summed E-state index contributed by atoms with van der Waals surface area (Å²) in [7, 11) is 0. The highest BCUT2D eigenvalue weighted by molar-refractivity contribution is 14.2. The third-order valence-corrected chi connectivity index (χ3v) is 10.3. The summed E-state index contributed by atoms with van der Waals surface area (Å²) < 4.78 is 30.9. The normalized spacial score (nSPS) is 13.9. The van der Waals surface area contributed by atoms with Crippen molar-refractivity contribution in [3.8, 4) is 11.1 Å². The van der Waals surface area contributed by atoms with Crippen molar-refractivity contribution in [2.24, 2.45) is 0 Å². The molecule has 0 saturated heterocycles. The first-order valence-electron chi connectivity index (χ1n) is 11.7. The number of thiazole rings is 1. The second kappa shape index (κ2) is 10.7. The van der Waals surface area contributed by atoms with Gasteiger partial charge < -0.3 is 5.32 Å². The Bertz CT molecular complexity index is 1340. The highest BCUT2D eigenvalue weighted by atomic mass is 127. The van der Waals surface area contributed by atoms with Gasteiger partial charge in [-0.3, -0.25) is 4.79 Å². The van der Waals surface area contributed by atoms with Gasteiger partial charge in [0.05, 0.1) is 16.8 Å². The molecular weight excluding hydrogens is 609 g/mol. The van der Waals surface area contributed by atoms with Gasteiger partial charge in [-0.25, -0.2) is 4.98 Å². The van der Waals surface area contributed by atoms with Gasteiger partial charge in [-0.05, 0) is 68.0 Å². The van der Waals surface area contributed by atoms with Gasteiger partial charge in [-0.2, -0.15) is 8.78 Å². The van der Waals surface area contributed by atoms with Crippen LogP contribution in [-0.2, 0) is 10.2 Å². The standard InChI is InChI=1S/C28H25F2IN2OS2/c1-31-28(29,30)18-32-25(34)27(21-12-4-2-10-19(21)20-11-3-5-13-22(20)27)16-8-9-17-35-26-33-23-14-6-7-15-24(23)36-26/h2-7,10-15H,1,8-9,16-18H2,(H,32,34). The third-order valence-electron chi connectivity index (χ3n) is 6.54. The number of aromatic nitrogens is 1. The highest BCUT2D eigenvalue weighted by Crippen LogP contribution is 2.51. The molecule has 3 nitrogen and oxygen atoms in total. The number of hydrogen-bond acceptors (Lipinski definition) is 4. The summed E-state index contributed by atoms with van der Waals surface area (Å²) in [5.41, 5.74) is 3.84. The lowest BCUT2D eigenvalue weighted by Crippen LogP contribution is -2.47. The maximum absolute atomic E-state index is 14.1. The van der Waals surface area contributed by atoms with E-state index in [-0.39, 0.29) is 5.91 Å². The largest absolute Gasteiger partial charge is 0.348 e. The number of fused-ring (bicyclic) bond motifs is 4. The van der Waals surface area contributed by atoms with Crippen molar-refractivity contribution < 1.29 is 13.6 Å².